The average Bonchev–Trinajstić information content (AvgIpc) is 2.64. The van der Waals surface area contributed by atoms with Gasteiger partial charge in [0.25, 0.3) is 5.60 Å². The third kappa shape index (κ3) is 3.73. The molecule has 1 unspecified atom stereocenters. The molecule has 0 radical (unpaired) electrons. The molecule has 2 aromatic rings. The molecule has 3 rings (SSSR count). The van der Waals surface area contributed by atoms with Crippen LogP contribution in [0.1, 0.15) is 17.5 Å². The molecule has 0 aliphatic carbocycles. The van der Waals surface area contributed by atoms with E-state index in [-0.39, 0.29) is 29.1 Å². The lowest BCUT2D eigenvalue weighted by atomic mass is 9.89. The number of rotatable bonds is 3. The Labute approximate surface area is 163 Å². The quantitative estimate of drug-likeness (QED) is 0.707. The predicted octanol–water partition coefficient (Wildman–Crippen LogP) is 4.61. The predicted molar refractivity (Wildman–Crippen MR) is 90.9 cm³/mol. The van der Waals surface area contributed by atoms with Gasteiger partial charge in [-0.1, -0.05) is 12.1 Å². The highest BCUT2D eigenvalue weighted by Gasteiger charge is 2.71. The molecular weight excluding hydrogens is 427 g/mol. The summed E-state index contributed by atoms with van der Waals surface area (Å²) in [4.78, 5) is 0.227. The van der Waals surface area contributed by atoms with Crippen LogP contribution >= 0.6 is 0 Å². The molecule has 1 N–H and O–H groups in total. The molecule has 0 spiro atoms. The summed E-state index contributed by atoms with van der Waals surface area (Å²) in [5.74, 6) is -0.548. The molecule has 0 fully saturated rings. The summed E-state index contributed by atoms with van der Waals surface area (Å²) in [5.41, 5.74) is -6.09. The van der Waals surface area contributed by atoms with Crippen molar-refractivity contribution >= 4 is 16.7 Å². The molecule has 3 nitrogen and oxygen atoms in total. The van der Waals surface area contributed by atoms with E-state index in [1.807, 2.05) is 0 Å². The highest BCUT2D eigenvalue weighted by Crippen LogP contribution is 2.50. The molecule has 0 aromatic heterocycles. The number of anilines is 1. The fraction of sp³-hybridized carbons (Fsp3) is 0.333. The monoisotopic (exact) mass is 441 g/mol. The van der Waals surface area contributed by atoms with E-state index in [0.29, 0.717) is 18.6 Å². The molecule has 0 amide bonds. The molecule has 0 saturated heterocycles. The van der Waals surface area contributed by atoms with Crippen LogP contribution in [-0.2, 0) is 23.0 Å². The minimum Gasteiger partial charge on any atom is -0.369 e. The van der Waals surface area contributed by atoms with Gasteiger partial charge in [0.05, 0.1) is 10.6 Å². The topological polar surface area (TPSA) is 40.5 Å². The van der Waals surface area contributed by atoms with Crippen LogP contribution in [0.4, 0.5) is 36.4 Å². The van der Waals surface area contributed by atoms with Crippen molar-refractivity contribution in [1.82, 2.24) is 0 Å². The van der Waals surface area contributed by atoms with Gasteiger partial charge >= 0.3 is 12.4 Å². The van der Waals surface area contributed by atoms with Crippen molar-refractivity contribution in [1.29, 1.82) is 0 Å². The number of alkyl halides is 6. The van der Waals surface area contributed by atoms with E-state index in [2.05, 4.69) is 0 Å². The van der Waals surface area contributed by atoms with E-state index in [9.17, 15) is 40.0 Å². The van der Waals surface area contributed by atoms with Crippen molar-refractivity contribution in [3.05, 3.63) is 59.4 Å². The summed E-state index contributed by atoms with van der Waals surface area (Å²) < 4.78 is 106. The van der Waals surface area contributed by atoms with Gasteiger partial charge in [-0.15, -0.1) is 0 Å². The van der Waals surface area contributed by atoms with E-state index in [0.717, 1.165) is 18.2 Å². The van der Waals surface area contributed by atoms with Gasteiger partial charge in [-0.3, -0.25) is 4.31 Å². The standard InChI is InChI=1S/C18H14F7NO2S/c19-13-4-6-14(7-5-13)29(28)26-9-1-2-11-10-12(3-8-15(11)26)16(27,17(20,21)22)18(23,24)25/h3-8,10,27H,1-2,9H2. The molecule has 1 heterocycles. The van der Waals surface area contributed by atoms with E-state index >= 15 is 0 Å². The number of halogens is 7. The lowest BCUT2D eigenvalue weighted by Crippen LogP contribution is -2.54. The van der Waals surface area contributed by atoms with Gasteiger partial charge in [0.15, 0.2) is 11.0 Å². The van der Waals surface area contributed by atoms with Crippen LogP contribution in [0.3, 0.4) is 0 Å². The highest BCUT2D eigenvalue weighted by atomic mass is 32.2. The van der Waals surface area contributed by atoms with Crippen LogP contribution in [0, 0.1) is 5.82 Å². The second kappa shape index (κ2) is 7.28. The van der Waals surface area contributed by atoms with Crippen LogP contribution in [0.5, 0.6) is 0 Å². The number of hydrogen-bond donors (Lipinski definition) is 1. The van der Waals surface area contributed by atoms with Crippen molar-refractivity contribution in [3.63, 3.8) is 0 Å². The Kier molecular flexibility index (Phi) is 5.41. The molecule has 1 aliphatic rings. The van der Waals surface area contributed by atoms with Gasteiger partial charge < -0.3 is 5.11 Å². The maximum absolute atomic E-state index is 13.1. The molecular formula is C18H14F7NO2S. The maximum Gasteiger partial charge on any atom is 0.430 e. The summed E-state index contributed by atoms with van der Waals surface area (Å²) in [7, 11) is -1.84. The van der Waals surface area contributed by atoms with Crippen LogP contribution in [0.15, 0.2) is 47.4 Å². The minimum absolute atomic E-state index is 0.0936. The van der Waals surface area contributed by atoms with Crippen LogP contribution in [0.2, 0.25) is 0 Å². The van der Waals surface area contributed by atoms with Gasteiger partial charge in [-0.2, -0.15) is 26.3 Å². The molecule has 1 aliphatic heterocycles. The Bertz CT molecular complexity index is 911. The molecule has 11 heteroatoms. The van der Waals surface area contributed by atoms with Crippen molar-refractivity contribution in [2.45, 2.75) is 35.7 Å². The van der Waals surface area contributed by atoms with Crippen LogP contribution < -0.4 is 4.31 Å². The average molecular weight is 441 g/mol. The third-order valence-corrected chi connectivity index (χ3v) is 6.06. The van der Waals surface area contributed by atoms with E-state index in [1.165, 1.54) is 16.4 Å². The molecule has 2 aromatic carbocycles. The second-order valence-electron chi connectivity index (χ2n) is 6.46. The zero-order valence-corrected chi connectivity index (χ0v) is 15.3. The first kappa shape index (κ1) is 21.6. The molecule has 0 bridgehead atoms. The zero-order valence-electron chi connectivity index (χ0n) is 14.5. The Balaban J connectivity index is 2.03. The Morgan fingerprint density at radius 2 is 1.52 bits per heavy atom. The summed E-state index contributed by atoms with van der Waals surface area (Å²) in [6.45, 7) is 0.235. The molecule has 29 heavy (non-hydrogen) atoms. The summed E-state index contributed by atoms with van der Waals surface area (Å²) in [6, 6.07) is 6.89. The Hall–Kier alpha value is -2.14. The number of aliphatic hydroxyl groups is 1. The number of aryl methyl sites for hydroxylation is 1. The van der Waals surface area contributed by atoms with Crippen molar-refractivity contribution < 1.29 is 40.0 Å². The van der Waals surface area contributed by atoms with Gasteiger partial charge in [-0.05, 0) is 48.7 Å². The first-order chi connectivity index (χ1) is 13.4. The Morgan fingerprint density at radius 3 is 2.07 bits per heavy atom. The number of nitrogens with zero attached hydrogens (tertiary/aromatic N) is 1. The third-order valence-electron chi connectivity index (χ3n) is 4.61. The smallest absolute Gasteiger partial charge is 0.369 e. The summed E-state index contributed by atoms with van der Waals surface area (Å²) in [5, 5.41) is 9.58. The fourth-order valence-electron chi connectivity index (χ4n) is 3.13. The van der Waals surface area contributed by atoms with Crippen molar-refractivity contribution in [2.75, 3.05) is 10.8 Å². The highest BCUT2D eigenvalue weighted by molar-refractivity contribution is 7.86. The lowest BCUT2D eigenvalue weighted by Gasteiger charge is -2.35. The van der Waals surface area contributed by atoms with E-state index in [1.54, 1.807) is 0 Å². The first-order valence-electron chi connectivity index (χ1n) is 8.30. The number of benzene rings is 2. The Morgan fingerprint density at radius 1 is 0.931 bits per heavy atom. The van der Waals surface area contributed by atoms with Crippen LogP contribution in [0.25, 0.3) is 0 Å². The second-order valence-corrected chi connectivity index (χ2v) is 7.87. The van der Waals surface area contributed by atoms with Crippen molar-refractivity contribution in [2.24, 2.45) is 0 Å². The van der Waals surface area contributed by atoms with Crippen molar-refractivity contribution in [3.8, 4) is 0 Å². The maximum atomic E-state index is 13.1. The summed E-state index contributed by atoms with van der Waals surface area (Å²) >= 11 is 0. The minimum atomic E-state index is -5.98. The van der Waals surface area contributed by atoms with Gasteiger partial charge in [0.1, 0.15) is 5.82 Å². The molecule has 158 valence electrons. The first-order valence-corrected chi connectivity index (χ1v) is 9.41. The molecule has 1 atom stereocenters. The van der Waals surface area contributed by atoms with Gasteiger partial charge in [0.2, 0.25) is 0 Å². The molecule has 0 saturated carbocycles. The number of fused-ring (bicyclic) bond motifs is 1. The summed E-state index contributed by atoms with van der Waals surface area (Å²) in [6.07, 6.45) is -11.5. The number of hydrogen-bond acceptors (Lipinski definition) is 2. The van der Waals surface area contributed by atoms with E-state index in [4.69, 9.17) is 0 Å². The zero-order chi connectivity index (χ0) is 21.6. The SMILES string of the molecule is O=S(c1ccc(F)cc1)N1CCCc2cc(C(O)(C(F)(F)F)C(F)(F)F)ccc21. The normalized spacial score (nSPS) is 16.5. The van der Waals surface area contributed by atoms with Gasteiger partial charge in [-0.25, -0.2) is 8.60 Å². The van der Waals surface area contributed by atoms with E-state index < -0.39 is 40.3 Å². The lowest BCUT2D eigenvalue weighted by molar-refractivity contribution is -0.376. The van der Waals surface area contributed by atoms with Gasteiger partial charge in [0, 0.05) is 12.1 Å². The van der Waals surface area contributed by atoms with Crippen LogP contribution in [-0.4, -0.2) is 28.2 Å². The largest absolute Gasteiger partial charge is 0.430 e. The fourth-order valence-corrected chi connectivity index (χ4v) is 4.40.